The van der Waals surface area contributed by atoms with Gasteiger partial charge < -0.3 is 0 Å². The first-order valence-electron chi connectivity index (χ1n) is 10.2. The molecule has 1 heteroatoms. The number of Topliss-reactive ketones (excluding diaryl/α,β-unsaturated/α-hetero) is 1. The van der Waals surface area contributed by atoms with Crippen LogP contribution < -0.4 is 0 Å². The molecule has 0 aromatic carbocycles. The Balaban J connectivity index is 1.67. The van der Waals surface area contributed by atoms with Crippen LogP contribution in [0.3, 0.4) is 0 Å². The molecule has 0 spiro atoms. The Kier molecular flexibility index (Phi) is 7.44. The van der Waals surface area contributed by atoms with Gasteiger partial charge in [-0.3, -0.25) is 4.79 Å². The second kappa shape index (κ2) is 9.08. The topological polar surface area (TPSA) is 17.1 Å². The molecule has 0 aliphatic heterocycles. The van der Waals surface area contributed by atoms with Gasteiger partial charge in [0.2, 0.25) is 0 Å². The molecular formula is C21H38O. The summed E-state index contributed by atoms with van der Waals surface area (Å²) in [6.45, 7) is 6.43. The molecule has 128 valence electrons. The number of rotatable bonds is 7. The lowest BCUT2D eigenvalue weighted by atomic mass is 9.67. The number of carbonyl (C=O) groups is 1. The van der Waals surface area contributed by atoms with E-state index in [2.05, 4.69) is 20.8 Å². The van der Waals surface area contributed by atoms with Crippen LogP contribution in [-0.4, -0.2) is 5.78 Å². The molecule has 0 N–H and O–H groups in total. The van der Waals surface area contributed by atoms with Gasteiger partial charge >= 0.3 is 0 Å². The predicted molar refractivity (Wildman–Crippen MR) is 94.9 cm³/mol. The van der Waals surface area contributed by atoms with Gasteiger partial charge in [0.05, 0.1) is 0 Å². The molecule has 2 saturated carbocycles. The number of carbonyl (C=O) groups excluding carboxylic acids is 1. The standard InChI is InChI=1S/C21H38O/c1-4-5-6-7-17-8-10-18(11-9-17)19-12-14-20(15-13-19)21(22)16(2)3/h16-20H,4-15H2,1-3H3. The van der Waals surface area contributed by atoms with Crippen LogP contribution in [0.5, 0.6) is 0 Å². The van der Waals surface area contributed by atoms with Crippen LogP contribution in [0.1, 0.15) is 97.8 Å². The first kappa shape index (κ1) is 18.0. The van der Waals surface area contributed by atoms with Gasteiger partial charge in [-0.25, -0.2) is 0 Å². The highest BCUT2D eigenvalue weighted by Crippen LogP contribution is 2.42. The highest BCUT2D eigenvalue weighted by atomic mass is 16.1. The van der Waals surface area contributed by atoms with Crippen LogP contribution in [-0.2, 0) is 4.79 Å². The SMILES string of the molecule is CCCCCC1CCC(C2CCC(C(=O)C(C)C)CC2)CC1. The number of unbranched alkanes of at least 4 members (excludes halogenated alkanes) is 2. The molecular weight excluding hydrogens is 268 g/mol. The summed E-state index contributed by atoms with van der Waals surface area (Å²) in [5.41, 5.74) is 0. The summed E-state index contributed by atoms with van der Waals surface area (Å²) in [4.78, 5) is 12.1. The van der Waals surface area contributed by atoms with Crippen LogP contribution >= 0.6 is 0 Å². The second-order valence-corrected chi connectivity index (χ2v) is 8.45. The van der Waals surface area contributed by atoms with Crippen molar-refractivity contribution in [3.63, 3.8) is 0 Å². The molecule has 0 radical (unpaired) electrons. The predicted octanol–water partition coefficient (Wildman–Crippen LogP) is 6.40. The third kappa shape index (κ3) is 5.10. The Bertz CT molecular complexity index is 317. The Labute approximate surface area is 138 Å². The third-order valence-electron chi connectivity index (χ3n) is 6.52. The average Bonchev–Trinajstić information content (AvgIpc) is 2.55. The molecule has 22 heavy (non-hydrogen) atoms. The van der Waals surface area contributed by atoms with E-state index in [1.807, 2.05) is 0 Å². The molecule has 0 atom stereocenters. The van der Waals surface area contributed by atoms with Gasteiger partial charge in [0.1, 0.15) is 5.78 Å². The van der Waals surface area contributed by atoms with Crippen molar-refractivity contribution < 1.29 is 4.79 Å². The summed E-state index contributed by atoms with van der Waals surface area (Å²) in [6.07, 6.45) is 16.7. The minimum Gasteiger partial charge on any atom is -0.299 e. The van der Waals surface area contributed by atoms with Crippen LogP contribution in [0.25, 0.3) is 0 Å². The molecule has 0 aromatic rings. The first-order valence-corrected chi connectivity index (χ1v) is 10.2. The lowest BCUT2D eigenvalue weighted by Crippen LogP contribution is -2.29. The van der Waals surface area contributed by atoms with E-state index in [4.69, 9.17) is 0 Å². The van der Waals surface area contributed by atoms with E-state index in [1.165, 1.54) is 77.0 Å². The monoisotopic (exact) mass is 306 g/mol. The summed E-state index contributed by atoms with van der Waals surface area (Å²) in [7, 11) is 0. The Hall–Kier alpha value is -0.330. The fourth-order valence-electron chi connectivity index (χ4n) is 4.98. The highest BCUT2D eigenvalue weighted by molar-refractivity contribution is 5.82. The van der Waals surface area contributed by atoms with E-state index in [-0.39, 0.29) is 5.92 Å². The molecule has 0 amide bonds. The molecule has 0 bridgehead atoms. The molecule has 2 fully saturated rings. The van der Waals surface area contributed by atoms with E-state index in [0.29, 0.717) is 11.7 Å². The molecule has 2 aliphatic rings. The number of hydrogen-bond donors (Lipinski definition) is 0. The number of ketones is 1. The Morgan fingerprint density at radius 1 is 0.864 bits per heavy atom. The van der Waals surface area contributed by atoms with Crippen molar-refractivity contribution >= 4 is 5.78 Å². The number of hydrogen-bond acceptors (Lipinski definition) is 1. The van der Waals surface area contributed by atoms with Gasteiger partial charge in [-0.15, -0.1) is 0 Å². The second-order valence-electron chi connectivity index (χ2n) is 8.45. The normalized spacial score (nSPS) is 33.1. The highest BCUT2D eigenvalue weighted by Gasteiger charge is 2.33. The van der Waals surface area contributed by atoms with Crippen LogP contribution in [0.15, 0.2) is 0 Å². The van der Waals surface area contributed by atoms with Crippen LogP contribution in [0, 0.1) is 29.6 Å². The van der Waals surface area contributed by atoms with Crippen LogP contribution in [0.2, 0.25) is 0 Å². The zero-order valence-electron chi connectivity index (χ0n) is 15.3. The van der Waals surface area contributed by atoms with Gasteiger partial charge in [-0.1, -0.05) is 59.3 Å². The summed E-state index contributed by atoms with van der Waals surface area (Å²) in [5.74, 6) is 4.10. The summed E-state index contributed by atoms with van der Waals surface area (Å²) in [5, 5.41) is 0. The molecule has 0 saturated heterocycles. The molecule has 0 heterocycles. The molecule has 2 aliphatic carbocycles. The van der Waals surface area contributed by atoms with Crippen molar-refractivity contribution in [3.05, 3.63) is 0 Å². The lowest BCUT2D eigenvalue weighted by molar-refractivity contribution is -0.127. The first-order chi connectivity index (χ1) is 10.6. The van der Waals surface area contributed by atoms with Crippen molar-refractivity contribution in [2.24, 2.45) is 29.6 Å². The zero-order chi connectivity index (χ0) is 15.9. The quantitative estimate of drug-likeness (QED) is 0.497. The maximum absolute atomic E-state index is 12.1. The third-order valence-corrected chi connectivity index (χ3v) is 6.52. The van der Waals surface area contributed by atoms with Gasteiger partial charge in [0, 0.05) is 11.8 Å². The zero-order valence-corrected chi connectivity index (χ0v) is 15.3. The van der Waals surface area contributed by atoms with Crippen molar-refractivity contribution in [2.75, 3.05) is 0 Å². The van der Waals surface area contributed by atoms with Crippen molar-refractivity contribution in [2.45, 2.75) is 97.8 Å². The van der Waals surface area contributed by atoms with Crippen molar-refractivity contribution in [1.82, 2.24) is 0 Å². The maximum atomic E-state index is 12.1. The van der Waals surface area contributed by atoms with E-state index in [9.17, 15) is 4.79 Å². The van der Waals surface area contributed by atoms with Gasteiger partial charge in [-0.2, -0.15) is 0 Å². The lowest BCUT2D eigenvalue weighted by Gasteiger charge is -2.38. The Morgan fingerprint density at radius 3 is 1.91 bits per heavy atom. The molecule has 0 aromatic heterocycles. The largest absolute Gasteiger partial charge is 0.299 e. The minimum absolute atomic E-state index is 0.236. The van der Waals surface area contributed by atoms with Crippen molar-refractivity contribution in [1.29, 1.82) is 0 Å². The molecule has 0 unspecified atom stereocenters. The smallest absolute Gasteiger partial charge is 0.138 e. The van der Waals surface area contributed by atoms with E-state index in [0.717, 1.165) is 17.8 Å². The van der Waals surface area contributed by atoms with E-state index >= 15 is 0 Å². The van der Waals surface area contributed by atoms with E-state index in [1.54, 1.807) is 0 Å². The van der Waals surface area contributed by atoms with Crippen molar-refractivity contribution in [3.8, 4) is 0 Å². The summed E-state index contributed by atoms with van der Waals surface area (Å²) in [6, 6.07) is 0. The van der Waals surface area contributed by atoms with Gasteiger partial charge in [-0.05, 0) is 56.3 Å². The van der Waals surface area contributed by atoms with Gasteiger partial charge in [0.15, 0.2) is 0 Å². The summed E-state index contributed by atoms with van der Waals surface area (Å²) >= 11 is 0. The Morgan fingerprint density at radius 2 is 1.41 bits per heavy atom. The fourth-order valence-corrected chi connectivity index (χ4v) is 4.98. The maximum Gasteiger partial charge on any atom is 0.138 e. The molecule has 1 nitrogen and oxygen atoms in total. The van der Waals surface area contributed by atoms with E-state index < -0.39 is 0 Å². The minimum atomic E-state index is 0.236. The fraction of sp³-hybridized carbons (Fsp3) is 0.952. The molecule has 2 rings (SSSR count). The van der Waals surface area contributed by atoms with Gasteiger partial charge in [0.25, 0.3) is 0 Å². The van der Waals surface area contributed by atoms with Crippen LogP contribution in [0.4, 0.5) is 0 Å². The average molecular weight is 307 g/mol. The summed E-state index contributed by atoms with van der Waals surface area (Å²) < 4.78 is 0.